The van der Waals surface area contributed by atoms with Crippen LogP contribution in [0.1, 0.15) is 13.8 Å². The maximum absolute atomic E-state index is 12.3. The minimum Gasteiger partial charge on any atom is -0.400 e. The lowest BCUT2D eigenvalue weighted by Crippen LogP contribution is -2.51. The number of aliphatic imine (C=N–C) groups is 1. The van der Waals surface area contributed by atoms with Gasteiger partial charge in [0, 0.05) is 31.4 Å². The first-order chi connectivity index (χ1) is 9.21. The van der Waals surface area contributed by atoms with Gasteiger partial charge in [-0.05, 0) is 27.9 Å². The second-order valence-electron chi connectivity index (χ2n) is 5.68. The summed E-state index contributed by atoms with van der Waals surface area (Å²) in [4.78, 5) is 19.9. The highest BCUT2D eigenvalue weighted by atomic mass is 16.2. The molecule has 7 nitrogen and oxygen atoms in total. The smallest absolute Gasteiger partial charge is 0.318 e. The Morgan fingerprint density at radius 1 is 1.50 bits per heavy atom. The van der Waals surface area contributed by atoms with Gasteiger partial charge in [0.1, 0.15) is 5.84 Å². The van der Waals surface area contributed by atoms with E-state index < -0.39 is 5.54 Å². The third-order valence-electron chi connectivity index (χ3n) is 3.61. The second-order valence-corrected chi connectivity index (χ2v) is 5.68. The zero-order chi connectivity index (χ0) is 15.5. The Balaban J connectivity index is 2.78. The highest BCUT2D eigenvalue weighted by Gasteiger charge is 2.41. The predicted molar refractivity (Wildman–Crippen MR) is 81.5 cm³/mol. The number of nitrogens with two attached hydrogens (primary N) is 2. The lowest BCUT2D eigenvalue weighted by molar-refractivity contribution is 0.170. The van der Waals surface area contributed by atoms with Crippen LogP contribution in [0, 0.1) is 0 Å². The average Bonchev–Trinajstić information content (AvgIpc) is 2.60. The topological polar surface area (TPSA) is 100.0 Å². The summed E-state index contributed by atoms with van der Waals surface area (Å²) in [6.07, 6.45) is 0. The van der Waals surface area contributed by atoms with Crippen LogP contribution >= 0.6 is 0 Å². The summed E-state index contributed by atoms with van der Waals surface area (Å²) in [6.45, 7) is 5.57. The Morgan fingerprint density at radius 3 is 2.60 bits per heavy atom. The van der Waals surface area contributed by atoms with Gasteiger partial charge in [-0.15, -0.1) is 0 Å². The number of rotatable bonds is 4. The molecule has 0 unspecified atom stereocenters. The van der Waals surface area contributed by atoms with Gasteiger partial charge < -0.3 is 26.6 Å². The van der Waals surface area contributed by atoms with Crippen LogP contribution in [-0.2, 0) is 0 Å². The molecule has 0 bridgehead atoms. The quantitative estimate of drug-likeness (QED) is 0.480. The number of amides is 2. The first-order valence-corrected chi connectivity index (χ1v) is 6.63. The highest BCUT2D eigenvalue weighted by molar-refractivity contribution is 5.99. The zero-order valence-electron chi connectivity index (χ0n) is 13.0. The van der Waals surface area contributed by atoms with Crippen LogP contribution in [0.3, 0.4) is 0 Å². The molecular formula is C13H26N6O. The molecular weight excluding hydrogens is 256 g/mol. The first kappa shape index (κ1) is 16.3. The molecule has 1 rings (SSSR count). The minimum atomic E-state index is -0.563. The van der Waals surface area contributed by atoms with Crippen molar-refractivity contribution in [1.82, 2.24) is 15.1 Å². The van der Waals surface area contributed by atoms with E-state index >= 15 is 0 Å². The normalized spacial score (nSPS) is 18.9. The number of hydrogen-bond donors (Lipinski definition) is 3. The molecule has 0 aromatic heterocycles. The summed E-state index contributed by atoms with van der Waals surface area (Å²) in [5, 5.41) is 2.89. The number of likely N-dealkylation sites (N-methyl/N-ethyl adjacent to an activating group) is 1. The Bertz CT molecular complexity index is 438. The first-order valence-electron chi connectivity index (χ1n) is 6.63. The van der Waals surface area contributed by atoms with Crippen LogP contribution in [0.2, 0.25) is 0 Å². The van der Waals surface area contributed by atoms with Crippen molar-refractivity contribution in [3.8, 4) is 0 Å². The molecule has 1 aliphatic heterocycles. The fourth-order valence-electron chi connectivity index (χ4n) is 2.12. The molecule has 20 heavy (non-hydrogen) atoms. The number of urea groups is 1. The van der Waals surface area contributed by atoms with Crippen molar-refractivity contribution in [3.63, 3.8) is 0 Å². The zero-order valence-corrected chi connectivity index (χ0v) is 13.0. The monoisotopic (exact) mass is 282 g/mol. The van der Waals surface area contributed by atoms with E-state index in [1.54, 1.807) is 11.9 Å². The number of amidine groups is 1. The Hall–Kier alpha value is -1.76. The number of carbonyl (C=O) groups excluding carboxylic acids is 1. The third-order valence-corrected chi connectivity index (χ3v) is 3.61. The van der Waals surface area contributed by atoms with Crippen LogP contribution in [0.25, 0.3) is 0 Å². The minimum absolute atomic E-state index is 0.140. The van der Waals surface area contributed by atoms with Crippen LogP contribution in [0.15, 0.2) is 16.3 Å². The molecule has 2 amide bonds. The van der Waals surface area contributed by atoms with E-state index in [0.717, 1.165) is 12.1 Å². The van der Waals surface area contributed by atoms with Gasteiger partial charge in [-0.25, -0.2) is 4.79 Å². The summed E-state index contributed by atoms with van der Waals surface area (Å²) in [6, 6.07) is -0.140. The number of carbonyl (C=O) groups is 1. The summed E-state index contributed by atoms with van der Waals surface area (Å²) in [7, 11) is 5.53. The number of nitrogens with zero attached hydrogens (tertiary/aromatic N) is 3. The standard InChI is InChI=1S/C13H26N6O/c1-13(2)10(14)9(11(15)16-3)8-19(13)12(20)17-6-7-18(4)5/h6-8,14H2,1-5H3,(H2,15,16)(H,17,20). The van der Waals surface area contributed by atoms with Gasteiger partial charge in [-0.3, -0.25) is 4.99 Å². The molecule has 0 aromatic carbocycles. The molecule has 5 N–H and O–H groups in total. The largest absolute Gasteiger partial charge is 0.400 e. The third kappa shape index (κ3) is 3.22. The highest BCUT2D eigenvalue weighted by Crippen LogP contribution is 2.31. The van der Waals surface area contributed by atoms with Gasteiger partial charge in [-0.1, -0.05) is 0 Å². The van der Waals surface area contributed by atoms with E-state index in [1.165, 1.54) is 0 Å². The molecule has 0 aromatic rings. The summed E-state index contributed by atoms with van der Waals surface area (Å²) < 4.78 is 0. The van der Waals surface area contributed by atoms with Gasteiger partial charge >= 0.3 is 6.03 Å². The van der Waals surface area contributed by atoms with Gasteiger partial charge in [0.15, 0.2) is 0 Å². The van der Waals surface area contributed by atoms with Gasteiger partial charge in [-0.2, -0.15) is 0 Å². The molecule has 0 saturated heterocycles. The fraction of sp³-hybridized carbons (Fsp3) is 0.692. The van der Waals surface area contributed by atoms with Crippen LogP contribution in [0.4, 0.5) is 4.79 Å². The molecule has 1 heterocycles. The fourth-order valence-corrected chi connectivity index (χ4v) is 2.12. The summed E-state index contributed by atoms with van der Waals surface area (Å²) in [5.74, 6) is 0.388. The lowest BCUT2D eigenvalue weighted by Gasteiger charge is -2.33. The molecule has 7 heteroatoms. The molecule has 0 spiro atoms. The Labute approximate surface area is 120 Å². The van der Waals surface area contributed by atoms with Crippen molar-refractivity contribution < 1.29 is 4.79 Å². The van der Waals surface area contributed by atoms with E-state index in [9.17, 15) is 4.79 Å². The number of nitrogens with one attached hydrogen (secondary N) is 1. The average molecular weight is 282 g/mol. The van der Waals surface area contributed by atoms with Crippen molar-refractivity contribution in [3.05, 3.63) is 11.3 Å². The van der Waals surface area contributed by atoms with Crippen molar-refractivity contribution in [1.29, 1.82) is 0 Å². The molecule has 1 aliphatic rings. The maximum atomic E-state index is 12.3. The van der Waals surface area contributed by atoms with E-state index in [1.807, 2.05) is 32.8 Å². The van der Waals surface area contributed by atoms with E-state index in [2.05, 4.69) is 10.3 Å². The molecule has 0 aliphatic carbocycles. The van der Waals surface area contributed by atoms with Crippen LogP contribution in [0.5, 0.6) is 0 Å². The molecule has 0 atom stereocenters. The number of hydrogen-bond acceptors (Lipinski definition) is 4. The molecule has 0 saturated carbocycles. The molecule has 0 fully saturated rings. The Morgan fingerprint density at radius 2 is 2.10 bits per heavy atom. The van der Waals surface area contributed by atoms with Gasteiger partial charge in [0.2, 0.25) is 0 Å². The SMILES string of the molecule is CN=C(N)C1=C(N)C(C)(C)N(C(=O)NCCN(C)C)C1. The van der Waals surface area contributed by atoms with Gasteiger partial charge in [0.05, 0.1) is 12.1 Å². The van der Waals surface area contributed by atoms with Crippen molar-refractivity contribution in [2.45, 2.75) is 19.4 Å². The van der Waals surface area contributed by atoms with Crippen LogP contribution in [-0.4, -0.2) is 68.0 Å². The van der Waals surface area contributed by atoms with E-state index in [-0.39, 0.29) is 6.03 Å². The molecule has 0 radical (unpaired) electrons. The van der Waals surface area contributed by atoms with E-state index in [0.29, 0.717) is 24.6 Å². The Kier molecular flexibility index (Phi) is 4.99. The van der Waals surface area contributed by atoms with Crippen molar-refractivity contribution in [2.75, 3.05) is 40.8 Å². The maximum Gasteiger partial charge on any atom is 0.318 e. The van der Waals surface area contributed by atoms with Crippen molar-refractivity contribution in [2.24, 2.45) is 16.5 Å². The summed E-state index contributed by atoms with van der Waals surface area (Å²) >= 11 is 0. The lowest BCUT2D eigenvalue weighted by atomic mass is 10.0. The van der Waals surface area contributed by atoms with Crippen molar-refractivity contribution >= 4 is 11.9 Å². The van der Waals surface area contributed by atoms with E-state index in [4.69, 9.17) is 11.5 Å². The second kappa shape index (κ2) is 6.13. The summed E-state index contributed by atoms with van der Waals surface area (Å²) in [5.41, 5.74) is 12.7. The van der Waals surface area contributed by atoms with Gasteiger partial charge in [0.25, 0.3) is 0 Å². The predicted octanol–water partition coefficient (Wildman–Crippen LogP) is -0.448. The van der Waals surface area contributed by atoms with Crippen LogP contribution < -0.4 is 16.8 Å². The molecule has 114 valence electrons.